The number of fused-ring (bicyclic) bond motifs is 1. The highest BCUT2D eigenvalue weighted by molar-refractivity contribution is 7.20. The van der Waals surface area contributed by atoms with Crippen LogP contribution in [0.3, 0.4) is 0 Å². The van der Waals surface area contributed by atoms with Crippen molar-refractivity contribution in [2.75, 3.05) is 13.2 Å². The van der Waals surface area contributed by atoms with Crippen molar-refractivity contribution < 1.29 is 15.0 Å². The van der Waals surface area contributed by atoms with Gasteiger partial charge in [0.25, 0.3) is 11.5 Å². The Labute approximate surface area is 122 Å². The molecule has 0 fully saturated rings. The zero-order valence-corrected chi connectivity index (χ0v) is 12.3. The minimum absolute atomic E-state index is 0.0967. The summed E-state index contributed by atoms with van der Waals surface area (Å²) in [6.07, 6.45) is -1.04. The molecule has 0 aromatic carbocycles. The number of aryl methyl sites for hydroxylation is 1. The first kappa shape index (κ1) is 15.4. The highest BCUT2D eigenvalue weighted by Crippen LogP contribution is 2.21. The summed E-state index contributed by atoms with van der Waals surface area (Å²) >= 11 is 1.02. The molecular formula is C12H15N3O5S. The molecule has 1 amide bonds. The van der Waals surface area contributed by atoms with Gasteiger partial charge in [-0.15, -0.1) is 11.3 Å². The Hall–Kier alpha value is -1.97. The number of hydrogen-bond donors (Lipinski definition) is 3. The predicted molar refractivity (Wildman–Crippen MR) is 77.7 cm³/mol. The van der Waals surface area contributed by atoms with Crippen LogP contribution in [0.1, 0.15) is 9.67 Å². The first-order chi connectivity index (χ1) is 9.86. The van der Waals surface area contributed by atoms with Crippen LogP contribution >= 0.6 is 11.3 Å². The molecule has 0 aliphatic heterocycles. The van der Waals surface area contributed by atoms with E-state index in [0.717, 1.165) is 15.9 Å². The second-order valence-electron chi connectivity index (χ2n) is 4.58. The van der Waals surface area contributed by atoms with E-state index >= 15 is 0 Å². The van der Waals surface area contributed by atoms with Crippen molar-refractivity contribution in [1.29, 1.82) is 0 Å². The molecule has 2 aromatic heterocycles. The molecule has 0 aliphatic carbocycles. The van der Waals surface area contributed by atoms with Gasteiger partial charge in [0.15, 0.2) is 0 Å². The van der Waals surface area contributed by atoms with Crippen LogP contribution < -0.4 is 16.6 Å². The number of nitrogens with one attached hydrogen (secondary N) is 1. The molecule has 0 bridgehead atoms. The molecule has 0 radical (unpaired) electrons. The summed E-state index contributed by atoms with van der Waals surface area (Å²) < 4.78 is 2.28. The van der Waals surface area contributed by atoms with Crippen molar-refractivity contribution in [3.8, 4) is 0 Å². The van der Waals surface area contributed by atoms with Crippen LogP contribution in [-0.2, 0) is 14.1 Å². The van der Waals surface area contributed by atoms with E-state index in [2.05, 4.69) is 5.32 Å². The minimum Gasteiger partial charge on any atom is -0.394 e. The Kier molecular flexibility index (Phi) is 4.26. The number of carbonyl (C=O) groups is 1. The molecular weight excluding hydrogens is 298 g/mol. The van der Waals surface area contributed by atoms with E-state index in [1.165, 1.54) is 24.7 Å². The lowest BCUT2D eigenvalue weighted by Gasteiger charge is -2.07. The monoisotopic (exact) mass is 313 g/mol. The van der Waals surface area contributed by atoms with Gasteiger partial charge in [0.05, 0.1) is 23.0 Å². The molecule has 2 heterocycles. The van der Waals surface area contributed by atoms with E-state index in [-0.39, 0.29) is 16.8 Å². The normalized spacial score (nSPS) is 12.6. The number of hydrogen-bond acceptors (Lipinski definition) is 6. The second-order valence-corrected chi connectivity index (χ2v) is 5.61. The Bertz CT molecular complexity index is 804. The predicted octanol–water partition coefficient (Wildman–Crippen LogP) is -1.62. The SMILES string of the molecule is Cn1c(=O)c2cc(C(=O)NC[C@@H](O)CO)sc2n(C)c1=O. The van der Waals surface area contributed by atoms with E-state index in [1.807, 2.05) is 0 Å². The average Bonchev–Trinajstić information content (AvgIpc) is 2.93. The maximum Gasteiger partial charge on any atom is 0.331 e. The van der Waals surface area contributed by atoms with Crippen LogP contribution in [0.15, 0.2) is 15.7 Å². The van der Waals surface area contributed by atoms with Crippen molar-refractivity contribution >= 4 is 27.5 Å². The van der Waals surface area contributed by atoms with Crippen LogP contribution in [0.4, 0.5) is 0 Å². The lowest BCUT2D eigenvalue weighted by molar-refractivity contribution is 0.0804. The summed E-state index contributed by atoms with van der Waals surface area (Å²) in [4.78, 5) is 36.4. The number of rotatable bonds is 4. The van der Waals surface area contributed by atoms with Crippen molar-refractivity contribution in [2.45, 2.75) is 6.10 Å². The summed E-state index contributed by atoms with van der Waals surface area (Å²) in [7, 11) is 2.90. The fourth-order valence-electron chi connectivity index (χ4n) is 1.84. The third kappa shape index (κ3) is 2.75. The summed E-state index contributed by atoms with van der Waals surface area (Å²) in [6.45, 7) is -0.553. The number of aromatic nitrogens is 2. The molecule has 8 nitrogen and oxygen atoms in total. The molecule has 1 atom stereocenters. The molecule has 21 heavy (non-hydrogen) atoms. The Morgan fingerprint density at radius 2 is 2.05 bits per heavy atom. The van der Waals surface area contributed by atoms with Crippen molar-refractivity contribution in [3.05, 3.63) is 31.8 Å². The fourth-order valence-corrected chi connectivity index (χ4v) is 2.86. The van der Waals surface area contributed by atoms with Crippen molar-refractivity contribution in [1.82, 2.24) is 14.5 Å². The van der Waals surface area contributed by atoms with E-state index in [1.54, 1.807) is 0 Å². The van der Waals surface area contributed by atoms with Crippen LogP contribution in [0, 0.1) is 0 Å². The standard InChI is InChI=1S/C12H15N3O5S/c1-14-10(19)7-3-8(9(18)13-4-6(17)5-16)21-11(7)15(2)12(14)20/h3,6,16-17H,4-5H2,1-2H3,(H,13,18)/t6-/m1/s1. The van der Waals surface area contributed by atoms with E-state index in [9.17, 15) is 19.5 Å². The number of nitrogens with zero attached hydrogens (tertiary/aromatic N) is 2. The first-order valence-corrected chi connectivity index (χ1v) is 6.95. The molecule has 9 heteroatoms. The number of aliphatic hydroxyl groups is 2. The highest BCUT2D eigenvalue weighted by atomic mass is 32.1. The van der Waals surface area contributed by atoms with Crippen LogP contribution in [-0.4, -0.2) is 44.5 Å². The number of thiophene rings is 1. The lowest BCUT2D eigenvalue weighted by atomic mass is 10.3. The van der Waals surface area contributed by atoms with Gasteiger partial charge >= 0.3 is 5.69 Å². The van der Waals surface area contributed by atoms with Gasteiger partial charge in [0.1, 0.15) is 4.83 Å². The lowest BCUT2D eigenvalue weighted by Crippen LogP contribution is -2.36. The Balaban J connectivity index is 2.42. The summed E-state index contributed by atoms with van der Waals surface area (Å²) in [6, 6.07) is 1.42. The van der Waals surface area contributed by atoms with Gasteiger partial charge < -0.3 is 15.5 Å². The molecule has 0 saturated heterocycles. The summed E-state index contributed by atoms with van der Waals surface area (Å²) in [5.74, 6) is -0.474. The summed E-state index contributed by atoms with van der Waals surface area (Å²) in [5.41, 5.74) is -0.921. The molecule has 114 valence electrons. The van der Waals surface area contributed by atoms with Crippen molar-refractivity contribution in [2.24, 2.45) is 14.1 Å². The Morgan fingerprint density at radius 3 is 2.67 bits per heavy atom. The molecule has 0 aliphatic rings. The van der Waals surface area contributed by atoms with Gasteiger partial charge in [-0.25, -0.2) is 4.79 Å². The minimum atomic E-state index is -1.04. The van der Waals surface area contributed by atoms with Gasteiger partial charge in [-0.1, -0.05) is 0 Å². The van der Waals surface area contributed by atoms with Crippen LogP contribution in [0.2, 0.25) is 0 Å². The van der Waals surface area contributed by atoms with Crippen LogP contribution in [0.25, 0.3) is 10.2 Å². The third-order valence-electron chi connectivity index (χ3n) is 3.06. The van der Waals surface area contributed by atoms with E-state index < -0.39 is 29.9 Å². The molecule has 0 unspecified atom stereocenters. The second kappa shape index (κ2) is 5.80. The van der Waals surface area contributed by atoms with Gasteiger partial charge in [-0.3, -0.25) is 18.7 Å². The maximum atomic E-state index is 12.0. The molecule has 3 N–H and O–H groups in total. The fraction of sp³-hybridized carbons (Fsp3) is 0.417. The number of aliphatic hydroxyl groups excluding tert-OH is 2. The third-order valence-corrected chi connectivity index (χ3v) is 4.27. The zero-order valence-electron chi connectivity index (χ0n) is 11.5. The van der Waals surface area contributed by atoms with Gasteiger partial charge in [0, 0.05) is 20.6 Å². The van der Waals surface area contributed by atoms with Crippen molar-refractivity contribution in [3.63, 3.8) is 0 Å². The number of carbonyl (C=O) groups excluding carboxylic acids is 1. The number of amides is 1. The summed E-state index contributed by atoms with van der Waals surface area (Å²) in [5, 5.41) is 20.6. The zero-order chi connectivity index (χ0) is 15.7. The molecule has 2 aromatic rings. The maximum absolute atomic E-state index is 12.0. The first-order valence-electron chi connectivity index (χ1n) is 6.13. The highest BCUT2D eigenvalue weighted by Gasteiger charge is 2.16. The molecule has 2 rings (SSSR count). The largest absolute Gasteiger partial charge is 0.394 e. The Morgan fingerprint density at radius 1 is 1.38 bits per heavy atom. The average molecular weight is 313 g/mol. The quantitative estimate of drug-likeness (QED) is 0.628. The van der Waals surface area contributed by atoms with Crippen LogP contribution in [0.5, 0.6) is 0 Å². The smallest absolute Gasteiger partial charge is 0.331 e. The van der Waals surface area contributed by atoms with E-state index in [0.29, 0.717) is 4.83 Å². The molecule has 0 saturated carbocycles. The van der Waals surface area contributed by atoms with Gasteiger partial charge in [-0.05, 0) is 6.07 Å². The molecule has 0 spiro atoms. The van der Waals surface area contributed by atoms with Gasteiger partial charge in [0.2, 0.25) is 0 Å². The van der Waals surface area contributed by atoms with Gasteiger partial charge in [-0.2, -0.15) is 0 Å². The topological polar surface area (TPSA) is 114 Å². The van der Waals surface area contributed by atoms with E-state index in [4.69, 9.17) is 5.11 Å².